The Balaban J connectivity index is 2.46. The lowest BCUT2D eigenvalue weighted by Crippen LogP contribution is -2.78. The van der Waals surface area contributed by atoms with E-state index in [4.69, 9.17) is 0 Å². The molecular formula is C36H44Si. The molecule has 0 radical (unpaired) electrons. The molecule has 4 rings (SSSR count). The molecule has 0 N–H and O–H groups in total. The predicted octanol–water partition coefficient (Wildman–Crippen LogP) is 6.77. The first-order valence-corrected chi connectivity index (χ1v) is 15.6. The number of aryl methyl sites for hydroxylation is 12. The summed E-state index contributed by atoms with van der Waals surface area (Å²) in [6.45, 7) is 27.8. The van der Waals surface area contributed by atoms with Gasteiger partial charge >= 0.3 is 0 Å². The molecule has 37 heavy (non-hydrogen) atoms. The molecule has 0 atom stereocenters. The molecule has 0 saturated heterocycles. The molecule has 0 saturated carbocycles. The molecule has 0 unspecified atom stereocenters. The average molecular weight is 505 g/mol. The second-order valence-electron chi connectivity index (χ2n) is 11.8. The van der Waals surface area contributed by atoms with Crippen LogP contribution in [0.15, 0.2) is 48.5 Å². The Bertz CT molecular complexity index is 1210. The summed E-state index contributed by atoms with van der Waals surface area (Å²) < 4.78 is 0. The third-order valence-corrected chi connectivity index (χ3v) is 14.4. The van der Waals surface area contributed by atoms with Crippen LogP contribution in [0, 0.1) is 83.1 Å². The van der Waals surface area contributed by atoms with E-state index in [0.717, 1.165) is 0 Å². The molecule has 0 aliphatic carbocycles. The van der Waals surface area contributed by atoms with Crippen LogP contribution >= 0.6 is 0 Å². The molecule has 0 spiro atoms. The zero-order valence-electron chi connectivity index (χ0n) is 25.1. The van der Waals surface area contributed by atoms with E-state index in [1.807, 2.05) is 0 Å². The van der Waals surface area contributed by atoms with Gasteiger partial charge in [0.1, 0.15) is 0 Å². The number of benzene rings is 4. The summed E-state index contributed by atoms with van der Waals surface area (Å²) in [6.07, 6.45) is 0. The van der Waals surface area contributed by atoms with Gasteiger partial charge in [0, 0.05) is 0 Å². The van der Waals surface area contributed by atoms with Crippen LogP contribution in [0.2, 0.25) is 0 Å². The highest BCUT2D eigenvalue weighted by molar-refractivity contribution is 7.21. The van der Waals surface area contributed by atoms with Crippen molar-refractivity contribution < 1.29 is 0 Å². The predicted molar refractivity (Wildman–Crippen MR) is 167 cm³/mol. The molecule has 0 amide bonds. The molecule has 192 valence electrons. The SMILES string of the molecule is Cc1cc(C)c([Si](c2c(C)cc(C)cc2C)(c2c(C)cc(C)cc2C)c2c(C)cc(C)cc2C)c(C)c1. The lowest BCUT2D eigenvalue weighted by atomic mass is 10.1. The summed E-state index contributed by atoms with van der Waals surface area (Å²) in [5.74, 6) is 0. The van der Waals surface area contributed by atoms with Crippen molar-refractivity contribution in [2.75, 3.05) is 0 Å². The van der Waals surface area contributed by atoms with Gasteiger partial charge in [-0.25, -0.2) is 0 Å². The van der Waals surface area contributed by atoms with Crippen molar-refractivity contribution in [2.24, 2.45) is 0 Å². The highest BCUT2D eigenvalue weighted by Crippen LogP contribution is 2.25. The molecular weight excluding hydrogens is 460 g/mol. The molecule has 0 fully saturated rings. The third-order valence-electron chi connectivity index (χ3n) is 8.21. The van der Waals surface area contributed by atoms with Crippen LogP contribution < -0.4 is 20.7 Å². The number of hydrogen-bond donors (Lipinski definition) is 0. The van der Waals surface area contributed by atoms with E-state index < -0.39 is 8.07 Å². The monoisotopic (exact) mass is 504 g/mol. The summed E-state index contributed by atoms with van der Waals surface area (Å²) in [4.78, 5) is 0. The van der Waals surface area contributed by atoms with Crippen molar-refractivity contribution in [3.05, 3.63) is 115 Å². The molecule has 4 aromatic carbocycles. The van der Waals surface area contributed by atoms with Gasteiger partial charge < -0.3 is 0 Å². The summed E-state index contributed by atoms with van der Waals surface area (Å²) in [5.41, 5.74) is 16.7. The van der Waals surface area contributed by atoms with Crippen molar-refractivity contribution in [1.82, 2.24) is 0 Å². The normalized spacial score (nSPS) is 11.8. The maximum absolute atomic E-state index is 2.75. The van der Waals surface area contributed by atoms with Crippen molar-refractivity contribution in [2.45, 2.75) is 83.1 Å². The topological polar surface area (TPSA) is 0 Å². The Morgan fingerprint density at radius 3 is 0.541 bits per heavy atom. The standard InChI is InChI=1S/C36H44Si/c1-21-13-25(5)33(26(6)14-21)37(34-27(7)15-22(2)16-28(34)8,35-29(9)17-23(3)18-30(35)10)36-31(11)19-24(4)20-32(36)12/h13-20H,1-12H3. The highest BCUT2D eigenvalue weighted by atomic mass is 28.3. The molecule has 0 aromatic heterocycles. The molecule has 1 heteroatoms. The first kappa shape index (κ1) is 27.1. The highest BCUT2D eigenvalue weighted by Gasteiger charge is 2.48. The van der Waals surface area contributed by atoms with Crippen LogP contribution in [0.25, 0.3) is 0 Å². The minimum absolute atomic E-state index is 1.34. The van der Waals surface area contributed by atoms with E-state index in [9.17, 15) is 0 Å². The first-order valence-electron chi connectivity index (χ1n) is 13.6. The fourth-order valence-electron chi connectivity index (χ4n) is 7.84. The molecule has 4 aromatic rings. The Morgan fingerprint density at radius 2 is 0.405 bits per heavy atom. The van der Waals surface area contributed by atoms with E-state index in [1.54, 1.807) is 20.7 Å². The van der Waals surface area contributed by atoms with E-state index in [-0.39, 0.29) is 0 Å². The van der Waals surface area contributed by atoms with Gasteiger partial charge in [0.05, 0.1) is 0 Å². The summed E-state index contributed by atoms with van der Waals surface area (Å²) in [6, 6.07) is 19.3. The van der Waals surface area contributed by atoms with Crippen LogP contribution in [0.4, 0.5) is 0 Å². The largest absolute Gasteiger partial charge is 0.181 e. The van der Waals surface area contributed by atoms with Gasteiger partial charge in [-0.05, 0) is 104 Å². The van der Waals surface area contributed by atoms with Crippen LogP contribution in [0.3, 0.4) is 0 Å². The van der Waals surface area contributed by atoms with Crippen molar-refractivity contribution >= 4 is 28.8 Å². The minimum atomic E-state index is -2.75. The maximum Gasteiger partial charge on any atom is 0.181 e. The van der Waals surface area contributed by atoms with Gasteiger partial charge in [0.2, 0.25) is 0 Å². The molecule has 0 aliphatic rings. The zero-order valence-corrected chi connectivity index (χ0v) is 26.1. The first-order chi connectivity index (χ1) is 17.3. The van der Waals surface area contributed by atoms with E-state index in [0.29, 0.717) is 0 Å². The van der Waals surface area contributed by atoms with Gasteiger partial charge in [-0.3, -0.25) is 0 Å². The maximum atomic E-state index is 2.42. The molecule has 0 nitrogen and oxygen atoms in total. The van der Waals surface area contributed by atoms with Gasteiger partial charge in [-0.1, -0.05) is 115 Å². The number of rotatable bonds is 4. The van der Waals surface area contributed by atoms with Gasteiger partial charge in [0.25, 0.3) is 0 Å². The fraction of sp³-hybridized carbons (Fsp3) is 0.333. The summed E-state index contributed by atoms with van der Waals surface area (Å²) >= 11 is 0. The van der Waals surface area contributed by atoms with Gasteiger partial charge in [-0.15, -0.1) is 0 Å². The zero-order chi connectivity index (χ0) is 27.4. The second kappa shape index (κ2) is 9.76. The molecule has 0 bridgehead atoms. The average Bonchev–Trinajstić information content (AvgIpc) is 2.70. The van der Waals surface area contributed by atoms with Crippen LogP contribution in [0.1, 0.15) is 66.8 Å². The van der Waals surface area contributed by atoms with Crippen LogP contribution in [-0.4, -0.2) is 8.07 Å². The van der Waals surface area contributed by atoms with Crippen LogP contribution in [0.5, 0.6) is 0 Å². The van der Waals surface area contributed by atoms with Crippen LogP contribution in [-0.2, 0) is 0 Å². The third kappa shape index (κ3) is 4.42. The van der Waals surface area contributed by atoms with Crippen molar-refractivity contribution in [3.8, 4) is 0 Å². The van der Waals surface area contributed by atoms with E-state index >= 15 is 0 Å². The Kier molecular flexibility index (Phi) is 7.16. The van der Waals surface area contributed by atoms with Crippen molar-refractivity contribution in [1.29, 1.82) is 0 Å². The summed E-state index contributed by atoms with van der Waals surface area (Å²) in [5, 5.41) is 6.27. The summed E-state index contributed by atoms with van der Waals surface area (Å²) in [7, 11) is -2.75. The fourth-order valence-corrected chi connectivity index (χ4v) is 14.6. The van der Waals surface area contributed by atoms with Gasteiger partial charge in [-0.2, -0.15) is 0 Å². The second-order valence-corrected chi connectivity index (χ2v) is 15.3. The minimum Gasteiger partial charge on any atom is -0.0564 e. The smallest absolute Gasteiger partial charge is 0.0564 e. The van der Waals surface area contributed by atoms with E-state index in [2.05, 4.69) is 132 Å². The molecule has 0 heterocycles. The Labute approximate surface area is 226 Å². The number of hydrogen-bond acceptors (Lipinski definition) is 0. The quantitative estimate of drug-likeness (QED) is 0.213. The van der Waals surface area contributed by atoms with Gasteiger partial charge in [0.15, 0.2) is 8.07 Å². The Morgan fingerprint density at radius 1 is 0.270 bits per heavy atom. The van der Waals surface area contributed by atoms with E-state index in [1.165, 1.54) is 66.8 Å². The van der Waals surface area contributed by atoms with Crippen molar-refractivity contribution in [3.63, 3.8) is 0 Å². The lowest BCUT2D eigenvalue weighted by Gasteiger charge is -2.42. The molecule has 0 aliphatic heterocycles. The Hall–Kier alpha value is -2.90. The lowest BCUT2D eigenvalue weighted by molar-refractivity contribution is 1.30.